The molecule has 1 saturated heterocycles. The third kappa shape index (κ3) is 5.12. The molecule has 176 valence electrons. The van der Waals surface area contributed by atoms with E-state index in [4.69, 9.17) is 14.2 Å². The fourth-order valence-electron chi connectivity index (χ4n) is 3.79. The Morgan fingerprint density at radius 1 is 1.06 bits per heavy atom. The molecule has 1 aliphatic heterocycles. The molecule has 0 aromatic heterocycles. The van der Waals surface area contributed by atoms with E-state index in [0.717, 1.165) is 6.42 Å². The first-order valence-electron chi connectivity index (χ1n) is 10.8. The lowest BCUT2D eigenvalue weighted by Crippen LogP contribution is -2.31. The normalized spacial score (nSPS) is 17.4. The van der Waals surface area contributed by atoms with Crippen LogP contribution in [0.5, 0.6) is 17.2 Å². The Hall–Kier alpha value is -3.52. The number of likely N-dealkylation sites (tertiary alicyclic amines) is 1. The number of benzene rings is 2. The van der Waals surface area contributed by atoms with E-state index in [9.17, 15) is 19.8 Å². The number of carbonyl (C=O) groups excluding carboxylic acids is 2. The molecule has 2 N–H and O–H groups in total. The summed E-state index contributed by atoms with van der Waals surface area (Å²) in [6, 6.07) is 10.5. The largest absolute Gasteiger partial charge is 0.507 e. The van der Waals surface area contributed by atoms with Crippen LogP contribution in [0.2, 0.25) is 0 Å². The number of aliphatic hydroxyl groups excluding tert-OH is 1. The number of carbonyl (C=O) groups is 2. The number of methoxy groups -OCH3 is 2. The highest BCUT2D eigenvalue weighted by atomic mass is 16.5. The lowest BCUT2D eigenvalue weighted by Gasteiger charge is -2.25. The number of phenolic OH excluding ortho intramolecular Hbond substituents is 1. The molecule has 2 aromatic rings. The van der Waals surface area contributed by atoms with Gasteiger partial charge in [-0.15, -0.1) is 0 Å². The second-order valence-electron chi connectivity index (χ2n) is 7.64. The predicted molar refractivity (Wildman–Crippen MR) is 122 cm³/mol. The van der Waals surface area contributed by atoms with Crippen LogP contribution in [-0.4, -0.2) is 60.8 Å². The van der Waals surface area contributed by atoms with E-state index in [1.54, 1.807) is 43.5 Å². The van der Waals surface area contributed by atoms with Crippen molar-refractivity contribution in [1.82, 2.24) is 4.90 Å². The standard InChI is InChI=1S/C25H29NO7/c1-4-13-33-18-9-6-16(7-10-18)23(28)21-22(17-8-11-19(27)20(15-17)32-3)26(12-5-14-31-2)25(30)24(21)29/h6-11,15,22,27-28H,4-5,12-14H2,1-3H3/b23-21+. The topological polar surface area (TPSA) is 106 Å². The molecule has 1 aliphatic rings. The molecule has 33 heavy (non-hydrogen) atoms. The average molecular weight is 456 g/mol. The van der Waals surface area contributed by atoms with Gasteiger partial charge in [0, 0.05) is 25.8 Å². The van der Waals surface area contributed by atoms with Gasteiger partial charge < -0.3 is 29.3 Å². The van der Waals surface area contributed by atoms with E-state index in [0.29, 0.717) is 36.5 Å². The van der Waals surface area contributed by atoms with E-state index in [-0.39, 0.29) is 29.4 Å². The van der Waals surface area contributed by atoms with Crippen LogP contribution in [0, 0.1) is 0 Å². The predicted octanol–water partition coefficient (Wildman–Crippen LogP) is 3.65. The molecular formula is C25H29NO7. The van der Waals surface area contributed by atoms with Gasteiger partial charge in [0.25, 0.3) is 11.7 Å². The van der Waals surface area contributed by atoms with Gasteiger partial charge in [-0.1, -0.05) is 13.0 Å². The van der Waals surface area contributed by atoms with Gasteiger partial charge in [-0.05, 0) is 54.8 Å². The Morgan fingerprint density at radius 3 is 2.42 bits per heavy atom. The zero-order valence-corrected chi connectivity index (χ0v) is 19.0. The van der Waals surface area contributed by atoms with Crippen LogP contribution in [-0.2, 0) is 14.3 Å². The van der Waals surface area contributed by atoms with Gasteiger partial charge in [-0.25, -0.2) is 0 Å². The van der Waals surface area contributed by atoms with Crippen LogP contribution in [0.1, 0.15) is 36.9 Å². The molecule has 1 atom stereocenters. The number of aliphatic hydroxyl groups is 1. The number of rotatable bonds is 10. The van der Waals surface area contributed by atoms with Crippen LogP contribution in [0.4, 0.5) is 0 Å². The monoisotopic (exact) mass is 455 g/mol. The van der Waals surface area contributed by atoms with Crippen molar-refractivity contribution in [3.63, 3.8) is 0 Å². The fourth-order valence-corrected chi connectivity index (χ4v) is 3.79. The van der Waals surface area contributed by atoms with Crippen LogP contribution in [0.15, 0.2) is 48.0 Å². The number of nitrogens with zero attached hydrogens (tertiary/aromatic N) is 1. The molecule has 0 radical (unpaired) electrons. The number of hydrogen-bond donors (Lipinski definition) is 2. The lowest BCUT2D eigenvalue weighted by molar-refractivity contribution is -0.140. The van der Waals surface area contributed by atoms with Crippen molar-refractivity contribution in [3.8, 4) is 17.2 Å². The zero-order valence-electron chi connectivity index (χ0n) is 19.0. The Kier molecular flexibility index (Phi) is 7.95. The van der Waals surface area contributed by atoms with Crippen molar-refractivity contribution in [1.29, 1.82) is 0 Å². The molecule has 3 rings (SSSR count). The van der Waals surface area contributed by atoms with Crippen LogP contribution in [0.25, 0.3) is 5.76 Å². The second kappa shape index (κ2) is 10.9. The average Bonchev–Trinajstić information content (AvgIpc) is 3.08. The Morgan fingerprint density at radius 2 is 1.79 bits per heavy atom. The summed E-state index contributed by atoms with van der Waals surface area (Å²) in [5.41, 5.74) is 0.905. The fraction of sp³-hybridized carbons (Fsp3) is 0.360. The molecule has 0 aliphatic carbocycles. The quantitative estimate of drug-likeness (QED) is 0.244. The number of phenols is 1. The van der Waals surface area contributed by atoms with Gasteiger partial charge in [0.15, 0.2) is 11.5 Å². The van der Waals surface area contributed by atoms with Gasteiger partial charge in [0.1, 0.15) is 11.5 Å². The summed E-state index contributed by atoms with van der Waals surface area (Å²) in [4.78, 5) is 27.4. The smallest absolute Gasteiger partial charge is 0.295 e. The number of hydrogen-bond acceptors (Lipinski definition) is 7. The van der Waals surface area contributed by atoms with Crippen LogP contribution >= 0.6 is 0 Å². The maximum absolute atomic E-state index is 13.0. The number of amides is 1. The minimum absolute atomic E-state index is 0.0209. The molecule has 1 heterocycles. The van der Waals surface area contributed by atoms with E-state index >= 15 is 0 Å². The summed E-state index contributed by atoms with van der Waals surface area (Å²) < 4.78 is 15.9. The first-order chi connectivity index (χ1) is 15.9. The molecule has 0 spiro atoms. The van der Waals surface area contributed by atoms with Gasteiger partial charge in [-0.2, -0.15) is 0 Å². The van der Waals surface area contributed by atoms with Gasteiger partial charge >= 0.3 is 0 Å². The first kappa shape index (κ1) is 24.1. The molecule has 8 nitrogen and oxygen atoms in total. The maximum Gasteiger partial charge on any atom is 0.295 e. The summed E-state index contributed by atoms with van der Waals surface area (Å²) >= 11 is 0. The van der Waals surface area contributed by atoms with Crippen molar-refractivity contribution < 1.29 is 34.0 Å². The Labute approximate surface area is 193 Å². The molecular weight excluding hydrogens is 426 g/mol. The molecule has 2 aromatic carbocycles. The third-order valence-electron chi connectivity index (χ3n) is 5.41. The van der Waals surface area contributed by atoms with E-state index in [1.807, 2.05) is 6.92 Å². The van der Waals surface area contributed by atoms with Crippen molar-refractivity contribution in [2.45, 2.75) is 25.8 Å². The van der Waals surface area contributed by atoms with Gasteiger partial charge in [0.05, 0.1) is 25.3 Å². The Balaban J connectivity index is 2.07. The highest BCUT2D eigenvalue weighted by Crippen LogP contribution is 2.41. The minimum atomic E-state index is -0.840. The first-order valence-corrected chi connectivity index (χ1v) is 10.8. The number of aromatic hydroxyl groups is 1. The molecule has 8 heteroatoms. The minimum Gasteiger partial charge on any atom is -0.507 e. The zero-order chi connectivity index (χ0) is 24.0. The van der Waals surface area contributed by atoms with Crippen molar-refractivity contribution in [2.24, 2.45) is 0 Å². The third-order valence-corrected chi connectivity index (χ3v) is 5.41. The number of Topliss-reactive ketones (excluding diaryl/α,β-unsaturated/α-hetero) is 1. The van der Waals surface area contributed by atoms with Gasteiger partial charge in [0.2, 0.25) is 0 Å². The summed E-state index contributed by atoms with van der Waals surface area (Å²) in [6.07, 6.45) is 1.38. The molecule has 1 unspecified atom stereocenters. The Bertz CT molecular complexity index is 1030. The SMILES string of the molecule is CCCOc1ccc(/C(O)=C2\C(=O)C(=O)N(CCCOC)C2c2ccc(O)c(OC)c2)cc1. The summed E-state index contributed by atoms with van der Waals surface area (Å²) in [5.74, 6) is -0.969. The van der Waals surface area contributed by atoms with Crippen LogP contribution in [0.3, 0.4) is 0 Å². The van der Waals surface area contributed by atoms with Gasteiger partial charge in [-0.3, -0.25) is 9.59 Å². The lowest BCUT2D eigenvalue weighted by atomic mass is 9.95. The highest BCUT2D eigenvalue weighted by molar-refractivity contribution is 6.46. The highest BCUT2D eigenvalue weighted by Gasteiger charge is 2.46. The maximum atomic E-state index is 13.0. The summed E-state index contributed by atoms with van der Waals surface area (Å²) in [6.45, 7) is 3.24. The van der Waals surface area contributed by atoms with Crippen molar-refractivity contribution in [3.05, 3.63) is 59.2 Å². The molecule has 0 bridgehead atoms. The second-order valence-corrected chi connectivity index (χ2v) is 7.64. The van der Waals surface area contributed by atoms with Crippen molar-refractivity contribution in [2.75, 3.05) is 34.0 Å². The summed E-state index contributed by atoms with van der Waals surface area (Å²) in [7, 11) is 2.97. The van der Waals surface area contributed by atoms with E-state index in [1.165, 1.54) is 18.1 Å². The molecule has 1 fully saturated rings. The number of ether oxygens (including phenoxy) is 3. The molecule has 0 saturated carbocycles. The molecule has 1 amide bonds. The van der Waals surface area contributed by atoms with E-state index < -0.39 is 17.7 Å². The van der Waals surface area contributed by atoms with Crippen molar-refractivity contribution >= 4 is 17.4 Å². The van der Waals surface area contributed by atoms with E-state index in [2.05, 4.69) is 0 Å². The number of ketones is 1. The summed E-state index contributed by atoms with van der Waals surface area (Å²) in [5, 5.41) is 21.1. The van der Waals surface area contributed by atoms with Crippen LogP contribution < -0.4 is 9.47 Å².